The first-order valence-corrected chi connectivity index (χ1v) is 5.35. The highest BCUT2D eigenvalue weighted by molar-refractivity contribution is 8.00. The smallest absolute Gasteiger partial charge is 0.250 e. The van der Waals surface area contributed by atoms with E-state index in [1.807, 2.05) is 0 Å². The van der Waals surface area contributed by atoms with Crippen LogP contribution in [0.15, 0.2) is 17.3 Å². The van der Waals surface area contributed by atoms with Gasteiger partial charge >= 0.3 is 0 Å². The Labute approximate surface area is 93.4 Å². The largest absolute Gasteiger partial charge is 0.397 e. The Balaban J connectivity index is 3.03. The summed E-state index contributed by atoms with van der Waals surface area (Å²) >= 11 is 1.57. The van der Waals surface area contributed by atoms with Crippen molar-refractivity contribution in [1.29, 1.82) is 0 Å². The zero-order valence-electron chi connectivity index (χ0n) is 9.07. The number of nitrogen functional groups attached to an aromatic ring is 1. The Bertz CT molecular complexity index is 385. The summed E-state index contributed by atoms with van der Waals surface area (Å²) in [5.41, 5.74) is 11.4. The number of hydrogen-bond acceptors (Lipinski definition) is 4. The number of amides is 1. The number of pyridine rings is 1. The molecular formula is C10H15N3OS. The second kappa shape index (κ2) is 4.10. The highest BCUT2D eigenvalue weighted by Crippen LogP contribution is 2.31. The van der Waals surface area contributed by atoms with Crippen molar-refractivity contribution in [1.82, 2.24) is 4.98 Å². The molecule has 0 saturated heterocycles. The normalized spacial score (nSPS) is 11.4. The average Bonchev–Trinajstić information content (AvgIpc) is 2.05. The molecule has 0 aliphatic heterocycles. The van der Waals surface area contributed by atoms with Crippen LogP contribution in [0.1, 0.15) is 31.1 Å². The van der Waals surface area contributed by atoms with Crippen molar-refractivity contribution in [2.24, 2.45) is 5.73 Å². The van der Waals surface area contributed by atoms with Gasteiger partial charge in [0.05, 0.1) is 22.5 Å². The van der Waals surface area contributed by atoms with Gasteiger partial charge in [-0.15, -0.1) is 11.8 Å². The summed E-state index contributed by atoms with van der Waals surface area (Å²) in [6, 6.07) is 1.63. The molecule has 0 fully saturated rings. The van der Waals surface area contributed by atoms with E-state index in [1.165, 1.54) is 6.20 Å². The van der Waals surface area contributed by atoms with Gasteiger partial charge in [0, 0.05) is 4.75 Å². The molecular weight excluding hydrogens is 210 g/mol. The van der Waals surface area contributed by atoms with Gasteiger partial charge in [0.1, 0.15) is 0 Å². The molecule has 0 atom stereocenters. The lowest BCUT2D eigenvalue weighted by molar-refractivity contribution is 0.100. The van der Waals surface area contributed by atoms with Gasteiger partial charge in [-0.3, -0.25) is 4.79 Å². The number of carbonyl (C=O) groups excluding carboxylic acids is 1. The van der Waals surface area contributed by atoms with E-state index in [0.29, 0.717) is 11.3 Å². The first kappa shape index (κ1) is 11.8. The van der Waals surface area contributed by atoms with Crippen LogP contribution in [0.2, 0.25) is 0 Å². The molecule has 0 spiro atoms. The van der Waals surface area contributed by atoms with Crippen molar-refractivity contribution in [3.05, 3.63) is 17.8 Å². The maximum atomic E-state index is 11.0. The fourth-order valence-electron chi connectivity index (χ4n) is 1.03. The Morgan fingerprint density at radius 2 is 2.07 bits per heavy atom. The van der Waals surface area contributed by atoms with E-state index in [1.54, 1.807) is 17.8 Å². The monoisotopic (exact) mass is 225 g/mol. The van der Waals surface area contributed by atoms with Crippen LogP contribution in [0, 0.1) is 0 Å². The van der Waals surface area contributed by atoms with Crippen LogP contribution in [-0.4, -0.2) is 15.6 Å². The van der Waals surface area contributed by atoms with Crippen LogP contribution in [0.5, 0.6) is 0 Å². The number of hydrogen-bond donors (Lipinski definition) is 2. The lowest BCUT2D eigenvalue weighted by atomic mass is 10.2. The van der Waals surface area contributed by atoms with Gasteiger partial charge in [-0.2, -0.15) is 0 Å². The molecule has 0 aliphatic carbocycles. The third-order valence-corrected chi connectivity index (χ3v) is 2.63. The Morgan fingerprint density at radius 1 is 1.47 bits per heavy atom. The van der Waals surface area contributed by atoms with E-state index < -0.39 is 5.91 Å². The van der Waals surface area contributed by atoms with Gasteiger partial charge in [-0.05, 0) is 6.07 Å². The second-order valence-corrected chi connectivity index (χ2v) is 6.04. The van der Waals surface area contributed by atoms with Gasteiger partial charge < -0.3 is 11.5 Å². The molecule has 5 heteroatoms. The van der Waals surface area contributed by atoms with Crippen LogP contribution in [0.3, 0.4) is 0 Å². The molecule has 4 nitrogen and oxygen atoms in total. The summed E-state index contributed by atoms with van der Waals surface area (Å²) < 4.78 is 0.0397. The quantitative estimate of drug-likeness (QED) is 0.750. The number of rotatable bonds is 2. The molecule has 1 heterocycles. The molecule has 0 unspecified atom stereocenters. The summed E-state index contributed by atoms with van der Waals surface area (Å²) in [5.74, 6) is -0.523. The van der Waals surface area contributed by atoms with Crippen LogP contribution < -0.4 is 11.5 Å². The Hall–Kier alpha value is -1.23. The molecule has 0 saturated carbocycles. The van der Waals surface area contributed by atoms with E-state index in [4.69, 9.17) is 11.5 Å². The van der Waals surface area contributed by atoms with Gasteiger partial charge in [0.2, 0.25) is 0 Å². The summed E-state index contributed by atoms with van der Waals surface area (Å²) in [6.45, 7) is 6.21. The van der Waals surface area contributed by atoms with Crippen molar-refractivity contribution in [2.75, 3.05) is 5.73 Å². The highest BCUT2D eigenvalue weighted by Gasteiger charge is 2.15. The maximum absolute atomic E-state index is 11.0. The number of primary amides is 1. The number of anilines is 1. The molecule has 0 radical (unpaired) electrons. The lowest BCUT2D eigenvalue weighted by Crippen LogP contribution is -2.15. The molecule has 82 valence electrons. The summed E-state index contributed by atoms with van der Waals surface area (Å²) in [5, 5.41) is 0.755. The van der Waals surface area contributed by atoms with Crippen molar-refractivity contribution < 1.29 is 4.79 Å². The topological polar surface area (TPSA) is 82.0 Å². The zero-order valence-corrected chi connectivity index (χ0v) is 9.89. The molecule has 15 heavy (non-hydrogen) atoms. The van der Waals surface area contributed by atoms with E-state index in [2.05, 4.69) is 25.8 Å². The standard InChI is InChI=1S/C10H15N3OS/c1-10(2,3)15-8-4-6(9(12)14)7(11)5-13-8/h4-5H,11H2,1-3H3,(H2,12,14). The molecule has 1 amide bonds. The fourth-order valence-corrected chi connectivity index (χ4v) is 1.94. The molecule has 1 aromatic rings. The predicted octanol–water partition coefficient (Wildman–Crippen LogP) is 1.65. The Morgan fingerprint density at radius 3 is 2.53 bits per heavy atom. The molecule has 0 aromatic carbocycles. The van der Waals surface area contributed by atoms with Crippen LogP contribution in [0.4, 0.5) is 5.69 Å². The Kier molecular flexibility index (Phi) is 3.24. The minimum atomic E-state index is -0.523. The van der Waals surface area contributed by atoms with Gasteiger partial charge in [-0.1, -0.05) is 20.8 Å². The zero-order chi connectivity index (χ0) is 11.6. The molecule has 0 bridgehead atoms. The van der Waals surface area contributed by atoms with Gasteiger partial charge in [-0.25, -0.2) is 4.98 Å². The van der Waals surface area contributed by atoms with Crippen LogP contribution >= 0.6 is 11.8 Å². The first-order valence-electron chi connectivity index (χ1n) is 4.54. The first-order chi connectivity index (χ1) is 6.79. The highest BCUT2D eigenvalue weighted by atomic mass is 32.2. The SMILES string of the molecule is CC(C)(C)Sc1cc(C(N)=O)c(N)cn1. The minimum Gasteiger partial charge on any atom is -0.397 e. The number of nitrogens with two attached hydrogens (primary N) is 2. The van der Waals surface area contributed by atoms with E-state index in [9.17, 15) is 4.79 Å². The average molecular weight is 225 g/mol. The summed E-state index contributed by atoms with van der Waals surface area (Å²) in [6.07, 6.45) is 1.47. The van der Waals surface area contributed by atoms with Crippen molar-refractivity contribution in [3.8, 4) is 0 Å². The molecule has 4 N–H and O–H groups in total. The molecule has 0 aliphatic rings. The third-order valence-electron chi connectivity index (χ3n) is 1.59. The summed E-state index contributed by atoms with van der Waals surface area (Å²) in [7, 11) is 0. The third kappa shape index (κ3) is 3.43. The number of carbonyl (C=O) groups is 1. The minimum absolute atomic E-state index is 0.0397. The van der Waals surface area contributed by atoms with E-state index in [-0.39, 0.29) is 4.75 Å². The van der Waals surface area contributed by atoms with Gasteiger partial charge in [0.25, 0.3) is 5.91 Å². The van der Waals surface area contributed by atoms with Crippen LogP contribution in [-0.2, 0) is 0 Å². The number of aromatic nitrogens is 1. The second-order valence-electron chi connectivity index (χ2n) is 4.19. The van der Waals surface area contributed by atoms with Crippen molar-refractivity contribution in [3.63, 3.8) is 0 Å². The van der Waals surface area contributed by atoms with Crippen molar-refractivity contribution in [2.45, 2.75) is 30.5 Å². The summed E-state index contributed by atoms with van der Waals surface area (Å²) in [4.78, 5) is 15.2. The predicted molar refractivity (Wildman–Crippen MR) is 62.8 cm³/mol. The van der Waals surface area contributed by atoms with Crippen molar-refractivity contribution >= 4 is 23.4 Å². The van der Waals surface area contributed by atoms with E-state index >= 15 is 0 Å². The van der Waals surface area contributed by atoms with E-state index in [0.717, 1.165) is 5.03 Å². The van der Waals surface area contributed by atoms with Crippen LogP contribution in [0.25, 0.3) is 0 Å². The number of thioether (sulfide) groups is 1. The molecule has 1 aromatic heterocycles. The number of nitrogens with zero attached hydrogens (tertiary/aromatic N) is 1. The lowest BCUT2D eigenvalue weighted by Gasteiger charge is -2.17. The maximum Gasteiger partial charge on any atom is 0.250 e. The van der Waals surface area contributed by atoms with Gasteiger partial charge in [0.15, 0.2) is 0 Å². The molecule has 1 rings (SSSR count). The fraction of sp³-hybridized carbons (Fsp3) is 0.400.